The molecule has 0 aromatic heterocycles. The van der Waals surface area contributed by atoms with Gasteiger partial charge in [0, 0.05) is 26.5 Å². The highest BCUT2D eigenvalue weighted by molar-refractivity contribution is 5.81. The van der Waals surface area contributed by atoms with Crippen molar-refractivity contribution >= 4 is 17.8 Å². The van der Waals surface area contributed by atoms with Gasteiger partial charge in [-0.05, 0) is 54.4 Å². The van der Waals surface area contributed by atoms with Gasteiger partial charge in [0.1, 0.15) is 29.4 Å². The van der Waals surface area contributed by atoms with Gasteiger partial charge in [0.25, 0.3) is 0 Å². The summed E-state index contributed by atoms with van der Waals surface area (Å²) in [5, 5.41) is 12.9. The molecule has 0 radical (unpaired) electrons. The Morgan fingerprint density at radius 1 is 1.14 bits per heavy atom. The van der Waals surface area contributed by atoms with Gasteiger partial charge in [0.15, 0.2) is 0 Å². The van der Waals surface area contributed by atoms with Crippen molar-refractivity contribution in [1.29, 1.82) is 0 Å². The molecule has 1 aliphatic rings. The van der Waals surface area contributed by atoms with Gasteiger partial charge in [-0.3, -0.25) is 19.3 Å². The van der Waals surface area contributed by atoms with Gasteiger partial charge in [0.2, 0.25) is 12.3 Å². The molecule has 10 heteroatoms. The van der Waals surface area contributed by atoms with Crippen molar-refractivity contribution in [3.05, 3.63) is 0 Å². The maximum atomic E-state index is 13.5. The van der Waals surface area contributed by atoms with Crippen LogP contribution in [0.1, 0.15) is 68.2 Å². The second-order valence-corrected chi connectivity index (χ2v) is 10.7. The Kier molecular flexibility index (Phi) is 11.2. The molecular formula is C25H42N2O8. The molecule has 10 nitrogen and oxygen atoms in total. The summed E-state index contributed by atoms with van der Waals surface area (Å²) in [6.07, 6.45) is 2.88. The van der Waals surface area contributed by atoms with Gasteiger partial charge < -0.3 is 29.4 Å². The molecule has 6 unspecified atom stereocenters. The van der Waals surface area contributed by atoms with Crippen molar-refractivity contribution in [3.63, 3.8) is 0 Å². The third-order valence-electron chi connectivity index (χ3n) is 5.26. The number of methoxy groups -OCH3 is 1. The largest absolute Gasteiger partial charge is 0.459 e. The number of hydrogen-bond acceptors (Lipinski definition) is 9. The van der Waals surface area contributed by atoms with E-state index in [0.717, 1.165) is 0 Å². The molecular weight excluding hydrogens is 456 g/mol. The second-order valence-electron chi connectivity index (χ2n) is 10.7. The van der Waals surface area contributed by atoms with Crippen LogP contribution in [0.3, 0.4) is 0 Å². The number of ether oxygens (including phenoxy) is 4. The van der Waals surface area contributed by atoms with Crippen molar-refractivity contribution in [2.24, 2.45) is 5.92 Å². The Labute approximate surface area is 209 Å². The lowest BCUT2D eigenvalue weighted by molar-refractivity contribution is -0.202. The van der Waals surface area contributed by atoms with Gasteiger partial charge in [0.05, 0.1) is 6.10 Å². The van der Waals surface area contributed by atoms with E-state index in [-0.39, 0.29) is 18.9 Å². The number of likely N-dealkylation sites (tertiary alicyclic amines) is 1. The molecule has 1 heterocycles. The summed E-state index contributed by atoms with van der Waals surface area (Å²) in [4.78, 5) is 39.9. The number of carbonyl (C=O) groups is 3. The van der Waals surface area contributed by atoms with E-state index < -0.39 is 59.8 Å². The lowest BCUT2D eigenvalue weighted by Crippen LogP contribution is -2.57. The molecule has 1 fully saturated rings. The molecule has 1 saturated heterocycles. The average Bonchev–Trinajstić information content (AvgIpc) is 3.14. The molecule has 1 amide bonds. The Morgan fingerprint density at radius 2 is 1.71 bits per heavy atom. The second kappa shape index (κ2) is 12.7. The summed E-state index contributed by atoms with van der Waals surface area (Å²) in [7, 11) is 1.36. The fraction of sp³-hybridized carbons (Fsp3) is 0.800. The van der Waals surface area contributed by atoms with Gasteiger partial charge in [-0.1, -0.05) is 12.8 Å². The Balaban J connectivity index is 3.48. The highest BCUT2D eigenvalue weighted by Gasteiger charge is 2.50. The third-order valence-corrected chi connectivity index (χ3v) is 5.26. The van der Waals surface area contributed by atoms with Gasteiger partial charge in [-0.15, -0.1) is 6.42 Å². The monoisotopic (exact) mass is 498 g/mol. The molecule has 0 aromatic rings. The average molecular weight is 499 g/mol. The van der Waals surface area contributed by atoms with E-state index in [9.17, 15) is 19.5 Å². The maximum Gasteiger partial charge on any atom is 0.326 e. The topological polar surface area (TPSA) is 124 Å². The summed E-state index contributed by atoms with van der Waals surface area (Å²) in [5.74, 6) is 0.285. The number of nitrogens with one attached hydrogen (secondary N) is 1. The van der Waals surface area contributed by atoms with Crippen molar-refractivity contribution in [3.8, 4) is 12.3 Å². The number of amides is 1. The summed E-state index contributed by atoms with van der Waals surface area (Å²) in [5.41, 5.74) is -1.58. The number of rotatable bonds is 10. The minimum Gasteiger partial charge on any atom is -0.459 e. The lowest BCUT2D eigenvalue weighted by Gasteiger charge is -2.38. The Bertz CT molecular complexity index is 780. The first kappa shape index (κ1) is 30.8. The molecule has 1 rings (SSSR count). The minimum atomic E-state index is -1.13. The molecule has 0 aromatic carbocycles. The van der Waals surface area contributed by atoms with Crippen LogP contribution in [0.25, 0.3) is 0 Å². The van der Waals surface area contributed by atoms with E-state index in [1.54, 1.807) is 53.4 Å². The zero-order valence-corrected chi connectivity index (χ0v) is 22.4. The molecule has 6 atom stereocenters. The molecule has 0 bridgehead atoms. The number of carbonyl (C=O) groups excluding carboxylic acids is 3. The van der Waals surface area contributed by atoms with Crippen molar-refractivity contribution in [2.45, 2.75) is 110 Å². The molecule has 200 valence electrons. The quantitative estimate of drug-likeness (QED) is 0.262. The fourth-order valence-electron chi connectivity index (χ4n) is 3.90. The van der Waals surface area contributed by atoms with Gasteiger partial charge in [-0.2, -0.15) is 0 Å². The van der Waals surface area contributed by atoms with Gasteiger partial charge in [-0.25, -0.2) is 0 Å². The molecule has 0 aliphatic carbocycles. The van der Waals surface area contributed by atoms with Crippen LogP contribution in [0.4, 0.5) is 0 Å². The number of aliphatic hydroxyl groups is 1. The van der Waals surface area contributed by atoms with E-state index >= 15 is 0 Å². The minimum absolute atomic E-state index is 0.136. The van der Waals surface area contributed by atoms with Crippen LogP contribution in [0.2, 0.25) is 0 Å². The van der Waals surface area contributed by atoms with Crippen LogP contribution in [-0.4, -0.2) is 83.4 Å². The van der Waals surface area contributed by atoms with E-state index in [4.69, 9.17) is 25.4 Å². The van der Waals surface area contributed by atoms with Crippen molar-refractivity contribution in [1.82, 2.24) is 10.2 Å². The van der Waals surface area contributed by atoms with Crippen LogP contribution in [0.15, 0.2) is 0 Å². The van der Waals surface area contributed by atoms with E-state index in [2.05, 4.69) is 11.2 Å². The summed E-state index contributed by atoms with van der Waals surface area (Å²) >= 11 is 0. The Morgan fingerprint density at radius 3 is 2.14 bits per heavy atom. The first-order valence-corrected chi connectivity index (χ1v) is 11.8. The lowest BCUT2D eigenvalue weighted by atomic mass is 9.99. The van der Waals surface area contributed by atoms with E-state index in [1.807, 2.05) is 0 Å². The first-order valence-electron chi connectivity index (χ1n) is 11.8. The number of hydrogen-bond donors (Lipinski definition) is 2. The van der Waals surface area contributed by atoms with Crippen LogP contribution < -0.4 is 5.32 Å². The smallest absolute Gasteiger partial charge is 0.326 e. The summed E-state index contributed by atoms with van der Waals surface area (Å²) < 4.78 is 22.5. The third kappa shape index (κ3) is 9.76. The highest BCUT2D eigenvalue weighted by atomic mass is 16.7. The predicted molar refractivity (Wildman–Crippen MR) is 129 cm³/mol. The van der Waals surface area contributed by atoms with Crippen LogP contribution in [0.5, 0.6) is 0 Å². The van der Waals surface area contributed by atoms with Crippen molar-refractivity contribution in [2.75, 3.05) is 13.7 Å². The summed E-state index contributed by atoms with van der Waals surface area (Å²) in [6.45, 7) is 13.7. The standard InChI is InChI=1S/C25H42N2O8/c1-11-18(29)16-13-17(21(30)34-24(4,5)6)27(14-16)20(22(31)35-25(7,8)9)19(12-2)33-23(32-10)26-15(3)28/h1,16-20,23,29H,12-14H2,2-10H3,(H,26,28). The number of terminal acetylenes is 1. The highest BCUT2D eigenvalue weighted by Crippen LogP contribution is 2.33. The van der Waals surface area contributed by atoms with Crippen LogP contribution in [0, 0.1) is 18.3 Å². The Hall–Kier alpha value is -2.19. The maximum absolute atomic E-state index is 13.5. The van der Waals surface area contributed by atoms with E-state index in [0.29, 0.717) is 6.42 Å². The molecule has 1 aliphatic heterocycles. The summed E-state index contributed by atoms with van der Waals surface area (Å²) in [6, 6.07) is -1.95. The first-order chi connectivity index (χ1) is 16.0. The van der Waals surface area contributed by atoms with Crippen LogP contribution in [-0.2, 0) is 33.3 Å². The molecule has 0 spiro atoms. The van der Waals surface area contributed by atoms with Crippen molar-refractivity contribution < 1.29 is 38.4 Å². The molecule has 35 heavy (non-hydrogen) atoms. The zero-order chi connectivity index (χ0) is 27.1. The fourth-order valence-corrected chi connectivity index (χ4v) is 3.90. The predicted octanol–water partition coefficient (Wildman–Crippen LogP) is 1.58. The number of nitrogens with zero attached hydrogens (tertiary/aromatic N) is 1. The number of aliphatic hydroxyl groups excluding tert-OH is 1. The van der Waals surface area contributed by atoms with Crippen LogP contribution >= 0.6 is 0 Å². The van der Waals surface area contributed by atoms with Gasteiger partial charge >= 0.3 is 11.9 Å². The zero-order valence-electron chi connectivity index (χ0n) is 22.4. The number of esters is 2. The SMILES string of the molecule is C#CC(O)C1CC(C(=O)OC(C)(C)C)N(C(C(=O)OC(C)(C)C)C(CC)OC(NC(C)=O)OC)C1. The molecule has 0 saturated carbocycles. The normalized spacial score (nSPS) is 22.4. The molecule has 2 N–H and O–H groups in total. The van der Waals surface area contributed by atoms with E-state index in [1.165, 1.54) is 14.0 Å².